The van der Waals surface area contributed by atoms with Gasteiger partial charge in [0.05, 0.1) is 4.47 Å². The van der Waals surface area contributed by atoms with Crippen molar-refractivity contribution in [3.05, 3.63) is 98.4 Å². The molecule has 0 aromatic heterocycles. The molecule has 0 unspecified atom stereocenters. The van der Waals surface area contributed by atoms with Crippen molar-refractivity contribution < 1.29 is 18.3 Å². The van der Waals surface area contributed by atoms with E-state index in [4.69, 9.17) is 17.0 Å². The van der Waals surface area contributed by atoms with Gasteiger partial charge in [0.15, 0.2) is 5.11 Å². The van der Waals surface area contributed by atoms with Crippen LogP contribution in [0, 0.1) is 18.6 Å². The highest BCUT2D eigenvalue weighted by Gasteiger charge is 2.18. The second kappa shape index (κ2) is 10.2. The number of fused-ring (bicyclic) bond motifs is 1. The van der Waals surface area contributed by atoms with Gasteiger partial charge in [0, 0.05) is 10.2 Å². The van der Waals surface area contributed by atoms with Gasteiger partial charge in [0.1, 0.15) is 28.7 Å². The molecule has 4 aromatic carbocycles. The lowest BCUT2D eigenvalue weighted by atomic mass is 10.1. The summed E-state index contributed by atoms with van der Waals surface area (Å²) in [6.45, 7) is 1.86. The molecule has 0 aliphatic rings. The minimum absolute atomic E-state index is 0.0934. The first-order valence-corrected chi connectivity index (χ1v) is 11.9. The molecule has 0 heterocycles. The predicted molar refractivity (Wildman–Crippen MR) is 141 cm³/mol. The minimum Gasteiger partial charge on any atom is -0.456 e. The van der Waals surface area contributed by atoms with Crippen LogP contribution in [0.5, 0.6) is 11.5 Å². The first-order chi connectivity index (χ1) is 16.2. The number of thiocarbonyl (C=S) groups is 1. The van der Waals surface area contributed by atoms with Gasteiger partial charge < -0.3 is 10.1 Å². The Morgan fingerprint density at radius 1 is 0.941 bits per heavy atom. The SMILES string of the molecule is Cc1cc(NC(=S)NC(=O)c2c(F)cccc2F)ccc1Oc1ccc2cc(Br)ccc2c1Br. The Bertz CT molecular complexity index is 1430. The number of amides is 1. The standard InChI is InChI=1S/C25H16Br2F2N2O2S/c1-13-11-16(30-25(34)31-24(32)22-18(28)3-2-4-19(22)29)7-10-20(13)33-21-9-5-14-12-15(26)6-8-17(14)23(21)27/h2-12H,1H3,(H2,30,31,32,34). The normalized spacial score (nSPS) is 10.7. The van der Waals surface area contributed by atoms with Crippen molar-refractivity contribution in [2.75, 3.05) is 5.32 Å². The Morgan fingerprint density at radius 2 is 1.65 bits per heavy atom. The third kappa shape index (κ3) is 5.27. The molecule has 2 N–H and O–H groups in total. The van der Waals surface area contributed by atoms with Gasteiger partial charge >= 0.3 is 0 Å². The van der Waals surface area contributed by atoms with Gasteiger partial charge in [-0.1, -0.05) is 34.1 Å². The number of carbonyl (C=O) groups is 1. The number of benzene rings is 4. The van der Waals surface area contributed by atoms with Gasteiger partial charge in [0.2, 0.25) is 0 Å². The number of hydrogen-bond donors (Lipinski definition) is 2. The smallest absolute Gasteiger partial charge is 0.263 e. The van der Waals surface area contributed by atoms with Gasteiger partial charge in [-0.05, 0) is 99.9 Å². The summed E-state index contributed by atoms with van der Waals surface area (Å²) in [6.07, 6.45) is 0. The summed E-state index contributed by atoms with van der Waals surface area (Å²) < 4.78 is 35.6. The Balaban J connectivity index is 1.47. The molecule has 0 aliphatic heterocycles. The van der Waals surface area contributed by atoms with Crippen molar-refractivity contribution in [3.8, 4) is 11.5 Å². The maximum atomic E-state index is 13.8. The summed E-state index contributed by atoms with van der Waals surface area (Å²) in [5, 5.41) is 7.12. The average molecular weight is 606 g/mol. The van der Waals surface area contributed by atoms with Crippen molar-refractivity contribution in [3.63, 3.8) is 0 Å². The number of ether oxygens (including phenoxy) is 1. The molecule has 9 heteroatoms. The number of carbonyl (C=O) groups excluding carboxylic acids is 1. The molecular formula is C25H16Br2F2N2O2S. The molecule has 4 nitrogen and oxygen atoms in total. The van der Waals surface area contributed by atoms with E-state index < -0.39 is 23.1 Å². The van der Waals surface area contributed by atoms with Gasteiger partial charge in [-0.2, -0.15) is 0 Å². The number of nitrogens with one attached hydrogen (secondary N) is 2. The molecular weight excluding hydrogens is 590 g/mol. The van der Waals surface area contributed by atoms with Crippen LogP contribution in [-0.4, -0.2) is 11.0 Å². The van der Waals surface area contributed by atoms with Gasteiger partial charge in [-0.15, -0.1) is 0 Å². The van der Waals surface area contributed by atoms with Gasteiger partial charge in [-0.25, -0.2) is 8.78 Å². The van der Waals surface area contributed by atoms with Crippen LogP contribution < -0.4 is 15.4 Å². The largest absolute Gasteiger partial charge is 0.456 e. The van der Waals surface area contributed by atoms with Crippen LogP contribution >= 0.6 is 44.1 Å². The molecule has 0 bridgehead atoms. The van der Waals surface area contributed by atoms with Crippen molar-refractivity contribution in [1.29, 1.82) is 0 Å². The summed E-state index contributed by atoms with van der Waals surface area (Å²) in [5.74, 6) is -1.62. The summed E-state index contributed by atoms with van der Waals surface area (Å²) in [7, 11) is 0. The average Bonchev–Trinajstić information content (AvgIpc) is 2.77. The van der Waals surface area contributed by atoms with E-state index in [0.717, 1.165) is 37.4 Å². The zero-order valence-corrected chi connectivity index (χ0v) is 21.6. The lowest BCUT2D eigenvalue weighted by Crippen LogP contribution is -2.35. The summed E-state index contributed by atoms with van der Waals surface area (Å²) in [6, 6.07) is 18.3. The van der Waals surface area contributed by atoms with E-state index in [1.165, 1.54) is 6.07 Å². The van der Waals surface area contributed by atoms with E-state index in [-0.39, 0.29) is 5.11 Å². The fraction of sp³-hybridized carbons (Fsp3) is 0.0400. The Morgan fingerprint density at radius 3 is 2.35 bits per heavy atom. The number of anilines is 1. The maximum absolute atomic E-state index is 13.8. The van der Waals surface area contributed by atoms with E-state index in [1.807, 2.05) is 37.3 Å². The molecule has 0 fully saturated rings. The first-order valence-electron chi connectivity index (χ1n) is 9.95. The third-order valence-electron chi connectivity index (χ3n) is 4.95. The Kier molecular flexibility index (Phi) is 7.25. The van der Waals surface area contributed by atoms with Crippen LogP contribution in [-0.2, 0) is 0 Å². The van der Waals surface area contributed by atoms with Crippen LogP contribution in [0.3, 0.4) is 0 Å². The van der Waals surface area contributed by atoms with Crippen LogP contribution in [0.1, 0.15) is 15.9 Å². The summed E-state index contributed by atoms with van der Waals surface area (Å²) >= 11 is 12.2. The summed E-state index contributed by atoms with van der Waals surface area (Å²) in [4.78, 5) is 12.2. The Hall–Kier alpha value is -2.88. The van der Waals surface area contributed by atoms with E-state index >= 15 is 0 Å². The first kappa shape index (κ1) is 24.3. The molecule has 4 aromatic rings. The van der Waals surface area contributed by atoms with Crippen molar-refractivity contribution in [1.82, 2.24) is 5.32 Å². The molecule has 1 amide bonds. The zero-order valence-electron chi connectivity index (χ0n) is 17.6. The van der Waals surface area contributed by atoms with Crippen LogP contribution in [0.15, 0.2) is 75.7 Å². The van der Waals surface area contributed by atoms with Crippen LogP contribution in [0.2, 0.25) is 0 Å². The number of rotatable bonds is 4. The molecule has 4 rings (SSSR count). The highest BCUT2D eigenvalue weighted by atomic mass is 79.9. The number of halogens is 4. The molecule has 0 saturated heterocycles. The van der Waals surface area contributed by atoms with E-state index in [2.05, 4.69) is 42.5 Å². The topological polar surface area (TPSA) is 50.4 Å². The monoisotopic (exact) mass is 604 g/mol. The molecule has 0 spiro atoms. The lowest BCUT2D eigenvalue weighted by Gasteiger charge is -2.14. The number of hydrogen-bond acceptors (Lipinski definition) is 3. The summed E-state index contributed by atoms with van der Waals surface area (Å²) in [5.41, 5.74) is 0.688. The van der Waals surface area contributed by atoms with Gasteiger partial charge in [-0.3, -0.25) is 10.1 Å². The molecule has 0 saturated carbocycles. The highest BCUT2D eigenvalue weighted by molar-refractivity contribution is 9.11. The number of aryl methyl sites for hydroxylation is 1. The Labute approximate surface area is 216 Å². The van der Waals surface area contributed by atoms with Gasteiger partial charge in [0.25, 0.3) is 5.91 Å². The zero-order chi connectivity index (χ0) is 24.4. The van der Waals surface area contributed by atoms with Crippen molar-refractivity contribution in [2.45, 2.75) is 6.92 Å². The predicted octanol–water partition coefficient (Wildman–Crippen LogP) is 7.87. The molecule has 172 valence electrons. The second-order valence-electron chi connectivity index (χ2n) is 7.33. The van der Waals surface area contributed by atoms with Crippen molar-refractivity contribution in [2.24, 2.45) is 0 Å². The highest BCUT2D eigenvalue weighted by Crippen LogP contribution is 2.38. The fourth-order valence-electron chi connectivity index (χ4n) is 3.32. The fourth-order valence-corrected chi connectivity index (χ4v) is 4.49. The van der Waals surface area contributed by atoms with E-state index in [0.29, 0.717) is 17.2 Å². The van der Waals surface area contributed by atoms with Crippen LogP contribution in [0.25, 0.3) is 10.8 Å². The third-order valence-corrected chi connectivity index (χ3v) is 6.47. The molecule has 0 aliphatic carbocycles. The molecule has 0 atom stereocenters. The lowest BCUT2D eigenvalue weighted by molar-refractivity contribution is 0.0969. The maximum Gasteiger partial charge on any atom is 0.263 e. The van der Waals surface area contributed by atoms with Crippen LogP contribution in [0.4, 0.5) is 14.5 Å². The van der Waals surface area contributed by atoms with E-state index in [9.17, 15) is 13.6 Å². The molecule has 0 radical (unpaired) electrons. The van der Waals surface area contributed by atoms with E-state index in [1.54, 1.807) is 18.2 Å². The quantitative estimate of drug-likeness (QED) is 0.232. The minimum atomic E-state index is -0.974. The second-order valence-corrected chi connectivity index (χ2v) is 9.45. The van der Waals surface area contributed by atoms with Crippen molar-refractivity contribution >= 4 is 71.6 Å². The molecule has 34 heavy (non-hydrogen) atoms.